The monoisotopic (exact) mass is 344 g/mol. The summed E-state index contributed by atoms with van der Waals surface area (Å²) in [5.41, 5.74) is 1.13. The van der Waals surface area contributed by atoms with Crippen molar-refractivity contribution in [3.05, 3.63) is 48.3 Å². The highest BCUT2D eigenvalue weighted by Crippen LogP contribution is 2.35. The van der Waals surface area contributed by atoms with Gasteiger partial charge in [0, 0.05) is 18.9 Å². The van der Waals surface area contributed by atoms with Crippen molar-refractivity contribution in [1.82, 2.24) is 15.0 Å². The highest BCUT2D eigenvalue weighted by atomic mass is 19.1. The van der Waals surface area contributed by atoms with Crippen LogP contribution in [0.1, 0.15) is 18.4 Å². The molecule has 2 aromatic rings. The van der Waals surface area contributed by atoms with E-state index in [1.54, 1.807) is 12.4 Å². The van der Waals surface area contributed by atoms with E-state index >= 15 is 0 Å². The van der Waals surface area contributed by atoms with Crippen molar-refractivity contribution < 1.29 is 13.9 Å². The molecule has 3 atom stereocenters. The number of morpholine rings is 1. The van der Waals surface area contributed by atoms with Gasteiger partial charge in [-0.1, -0.05) is 0 Å². The lowest BCUT2D eigenvalue weighted by molar-refractivity contribution is 0.0200. The third kappa shape index (κ3) is 3.77. The van der Waals surface area contributed by atoms with Crippen molar-refractivity contribution >= 4 is 5.95 Å². The first-order valence-corrected chi connectivity index (χ1v) is 8.62. The van der Waals surface area contributed by atoms with E-state index in [2.05, 4.69) is 19.9 Å². The highest BCUT2D eigenvalue weighted by molar-refractivity contribution is 5.33. The zero-order valence-electron chi connectivity index (χ0n) is 13.9. The van der Waals surface area contributed by atoms with E-state index in [0.717, 1.165) is 24.9 Å². The summed E-state index contributed by atoms with van der Waals surface area (Å²) in [5, 5.41) is 0. The van der Waals surface area contributed by atoms with Gasteiger partial charge in [0.2, 0.25) is 5.95 Å². The Morgan fingerprint density at radius 3 is 2.80 bits per heavy atom. The van der Waals surface area contributed by atoms with Crippen LogP contribution in [0, 0.1) is 11.7 Å². The van der Waals surface area contributed by atoms with E-state index < -0.39 is 5.82 Å². The summed E-state index contributed by atoms with van der Waals surface area (Å²) in [6.07, 6.45) is 8.10. The molecule has 2 fully saturated rings. The van der Waals surface area contributed by atoms with Crippen LogP contribution in [-0.2, 0) is 16.1 Å². The molecular weight excluding hydrogens is 323 g/mol. The molecule has 7 heteroatoms. The normalized spacial score (nSPS) is 25.8. The molecule has 6 nitrogen and oxygen atoms in total. The Morgan fingerprint density at radius 1 is 1.20 bits per heavy atom. The molecule has 0 unspecified atom stereocenters. The number of aromatic nitrogens is 3. The maximum Gasteiger partial charge on any atom is 0.225 e. The fraction of sp³-hybridized carbons (Fsp3) is 0.500. The number of fused-ring (bicyclic) bond motifs is 1. The Bertz CT molecular complexity index is 685. The fourth-order valence-electron chi connectivity index (χ4n) is 3.71. The van der Waals surface area contributed by atoms with Gasteiger partial charge in [0.15, 0.2) is 5.82 Å². The summed E-state index contributed by atoms with van der Waals surface area (Å²) in [5.74, 6) is 0.610. The number of hydrogen-bond acceptors (Lipinski definition) is 6. The molecule has 0 radical (unpaired) electrons. The molecule has 1 aliphatic heterocycles. The lowest BCUT2D eigenvalue weighted by Gasteiger charge is -2.37. The first-order chi connectivity index (χ1) is 12.3. The standard InChI is InChI=1S/C18H21FN4O2/c19-15-9-21-18(22-10-15)23-5-6-25-17-8-14(7-16(17)23)12-24-11-13-1-3-20-4-2-13/h1-4,9-10,14,16-17H,5-8,11-12H2/t14-,16+,17-/m1/s1. The van der Waals surface area contributed by atoms with E-state index in [1.807, 2.05) is 12.1 Å². The van der Waals surface area contributed by atoms with Gasteiger partial charge in [-0.2, -0.15) is 0 Å². The molecule has 0 bridgehead atoms. The molecule has 0 aromatic carbocycles. The van der Waals surface area contributed by atoms with Crippen molar-refractivity contribution in [1.29, 1.82) is 0 Å². The number of rotatable bonds is 5. The van der Waals surface area contributed by atoms with Crippen LogP contribution in [0.5, 0.6) is 0 Å². The molecule has 2 aliphatic rings. The van der Waals surface area contributed by atoms with E-state index in [0.29, 0.717) is 31.7 Å². The van der Waals surface area contributed by atoms with Gasteiger partial charge in [-0.05, 0) is 36.5 Å². The predicted octanol–water partition coefficient (Wildman–Crippen LogP) is 2.21. The second-order valence-electron chi connectivity index (χ2n) is 6.58. The van der Waals surface area contributed by atoms with Crippen molar-refractivity contribution in [3.63, 3.8) is 0 Å². The summed E-state index contributed by atoms with van der Waals surface area (Å²) in [7, 11) is 0. The number of pyridine rings is 1. The maximum atomic E-state index is 13.1. The third-order valence-electron chi connectivity index (χ3n) is 4.87. The largest absolute Gasteiger partial charge is 0.376 e. The summed E-state index contributed by atoms with van der Waals surface area (Å²) in [4.78, 5) is 14.4. The van der Waals surface area contributed by atoms with Crippen molar-refractivity contribution in [2.24, 2.45) is 5.92 Å². The Hall–Kier alpha value is -2.12. The summed E-state index contributed by atoms with van der Waals surface area (Å²) >= 11 is 0. The Kier molecular flexibility index (Phi) is 4.85. The number of ether oxygens (including phenoxy) is 2. The Morgan fingerprint density at radius 2 is 2.00 bits per heavy atom. The predicted molar refractivity (Wildman–Crippen MR) is 89.5 cm³/mol. The van der Waals surface area contributed by atoms with Crippen LogP contribution < -0.4 is 4.90 Å². The zero-order valence-corrected chi connectivity index (χ0v) is 13.9. The molecule has 1 aliphatic carbocycles. The molecule has 0 spiro atoms. The SMILES string of the molecule is Fc1cnc(N2CCO[C@@H]3C[C@H](COCc4ccncc4)C[C@@H]32)nc1. The Balaban J connectivity index is 1.35. The van der Waals surface area contributed by atoms with Gasteiger partial charge in [-0.25, -0.2) is 14.4 Å². The topological polar surface area (TPSA) is 60.4 Å². The molecule has 2 aromatic heterocycles. The zero-order chi connectivity index (χ0) is 17.1. The van der Waals surface area contributed by atoms with Crippen LogP contribution in [-0.4, -0.2) is 46.9 Å². The third-order valence-corrected chi connectivity index (χ3v) is 4.87. The fourth-order valence-corrected chi connectivity index (χ4v) is 3.71. The van der Waals surface area contributed by atoms with Crippen LogP contribution in [0.3, 0.4) is 0 Å². The molecule has 25 heavy (non-hydrogen) atoms. The molecule has 1 saturated heterocycles. The van der Waals surface area contributed by atoms with Gasteiger partial charge in [0.1, 0.15) is 0 Å². The van der Waals surface area contributed by atoms with Crippen LogP contribution in [0.4, 0.5) is 10.3 Å². The second kappa shape index (κ2) is 7.41. The number of hydrogen-bond donors (Lipinski definition) is 0. The highest BCUT2D eigenvalue weighted by Gasteiger charge is 2.42. The molecule has 132 valence electrons. The second-order valence-corrected chi connectivity index (χ2v) is 6.58. The number of halogens is 1. The molecule has 1 saturated carbocycles. The van der Waals surface area contributed by atoms with Crippen LogP contribution in [0.25, 0.3) is 0 Å². The quantitative estimate of drug-likeness (QED) is 0.829. The molecular formula is C18H21FN4O2. The first-order valence-electron chi connectivity index (χ1n) is 8.62. The van der Waals surface area contributed by atoms with E-state index in [1.165, 1.54) is 12.4 Å². The van der Waals surface area contributed by atoms with Gasteiger partial charge >= 0.3 is 0 Å². The van der Waals surface area contributed by atoms with E-state index in [4.69, 9.17) is 9.47 Å². The average Bonchev–Trinajstić information content (AvgIpc) is 3.06. The first kappa shape index (κ1) is 16.4. The lowest BCUT2D eigenvalue weighted by atomic mass is 10.1. The summed E-state index contributed by atoms with van der Waals surface area (Å²) in [6, 6.07) is 4.16. The lowest BCUT2D eigenvalue weighted by Crippen LogP contribution is -2.49. The minimum atomic E-state index is -0.414. The smallest absolute Gasteiger partial charge is 0.225 e. The van der Waals surface area contributed by atoms with Gasteiger partial charge in [0.25, 0.3) is 0 Å². The van der Waals surface area contributed by atoms with Gasteiger partial charge < -0.3 is 14.4 Å². The van der Waals surface area contributed by atoms with E-state index in [-0.39, 0.29) is 12.1 Å². The molecule has 3 heterocycles. The van der Waals surface area contributed by atoms with Gasteiger partial charge in [0.05, 0.1) is 44.4 Å². The van der Waals surface area contributed by atoms with Gasteiger partial charge in [-0.15, -0.1) is 0 Å². The van der Waals surface area contributed by atoms with Crippen LogP contribution in [0.15, 0.2) is 36.9 Å². The summed E-state index contributed by atoms with van der Waals surface area (Å²) < 4.78 is 24.9. The van der Waals surface area contributed by atoms with E-state index in [9.17, 15) is 4.39 Å². The Labute approximate surface area is 146 Å². The number of nitrogens with zero attached hydrogens (tertiary/aromatic N) is 4. The van der Waals surface area contributed by atoms with Crippen LogP contribution in [0.2, 0.25) is 0 Å². The molecule has 0 amide bonds. The maximum absolute atomic E-state index is 13.1. The average molecular weight is 344 g/mol. The summed E-state index contributed by atoms with van der Waals surface area (Å²) in [6.45, 7) is 2.68. The van der Waals surface area contributed by atoms with Crippen molar-refractivity contribution in [2.45, 2.75) is 31.6 Å². The van der Waals surface area contributed by atoms with Gasteiger partial charge in [-0.3, -0.25) is 4.98 Å². The molecule has 0 N–H and O–H groups in total. The van der Waals surface area contributed by atoms with Crippen molar-refractivity contribution in [3.8, 4) is 0 Å². The number of anilines is 1. The minimum Gasteiger partial charge on any atom is -0.376 e. The molecule has 4 rings (SSSR count). The van der Waals surface area contributed by atoms with Crippen LogP contribution >= 0.6 is 0 Å². The minimum absolute atomic E-state index is 0.164. The van der Waals surface area contributed by atoms with Crippen molar-refractivity contribution in [2.75, 3.05) is 24.7 Å².